The molecule has 26 heavy (non-hydrogen) atoms. The molecule has 1 unspecified atom stereocenters. The van der Waals surface area contributed by atoms with Crippen molar-refractivity contribution in [3.05, 3.63) is 30.1 Å². The number of aromatic nitrogens is 2. The van der Waals surface area contributed by atoms with Gasteiger partial charge in [0.15, 0.2) is 0 Å². The molecule has 0 saturated carbocycles. The summed E-state index contributed by atoms with van der Waals surface area (Å²) in [6.45, 7) is 5.92. The molecule has 3 rings (SSSR count). The van der Waals surface area contributed by atoms with Crippen LogP contribution in [-0.4, -0.2) is 39.2 Å². The Hall–Kier alpha value is -2.25. The van der Waals surface area contributed by atoms with Gasteiger partial charge in [0.2, 0.25) is 5.82 Å². The van der Waals surface area contributed by atoms with E-state index in [1.165, 1.54) is 9.47 Å². The van der Waals surface area contributed by atoms with Gasteiger partial charge in [0.05, 0.1) is 17.1 Å². The van der Waals surface area contributed by atoms with Gasteiger partial charge in [0.1, 0.15) is 5.60 Å². The van der Waals surface area contributed by atoms with E-state index < -0.39 is 29.7 Å². The molecule has 142 valence electrons. The fraction of sp³-hybridized carbons (Fsp3) is 0.556. The van der Waals surface area contributed by atoms with E-state index >= 15 is 0 Å². The highest BCUT2D eigenvalue weighted by atomic mass is 19.4. The summed E-state index contributed by atoms with van der Waals surface area (Å²) in [6.07, 6.45) is -3.91. The Morgan fingerprint density at radius 2 is 1.92 bits per heavy atom. The predicted octanol–water partition coefficient (Wildman–Crippen LogP) is 4.63. The van der Waals surface area contributed by atoms with Crippen LogP contribution in [0.5, 0.6) is 0 Å². The summed E-state index contributed by atoms with van der Waals surface area (Å²) in [5.74, 6) is -0.922. The third kappa shape index (κ3) is 3.78. The lowest BCUT2D eigenvalue weighted by Gasteiger charge is -2.35. The Balaban J connectivity index is 1.94. The van der Waals surface area contributed by atoms with E-state index in [4.69, 9.17) is 4.74 Å². The molecule has 1 aliphatic rings. The average molecular weight is 369 g/mol. The molecule has 0 N–H and O–H groups in total. The minimum Gasteiger partial charge on any atom is -0.444 e. The lowest BCUT2D eigenvalue weighted by molar-refractivity contribution is -0.147. The summed E-state index contributed by atoms with van der Waals surface area (Å²) in [5.41, 5.74) is 0.0770. The first-order valence-electron chi connectivity index (χ1n) is 8.58. The monoisotopic (exact) mass is 369 g/mol. The van der Waals surface area contributed by atoms with E-state index in [0.29, 0.717) is 30.4 Å². The molecule has 1 aliphatic heterocycles. The third-order valence-electron chi connectivity index (χ3n) is 4.26. The molecule has 8 heteroatoms. The molecule has 1 aromatic carbocycles. The van der Waals surface area contributed by atoms with E-state index in [1.54, 1.807) is 45.0 Å². The lowest BCUT2D eigenvalue weighted by Crippen LogP contribution is -2.43. The number of fused-ring (bicyclic) bond motifs is 1. The number of para-hydroxylation sites is 2. The molecular weight excluding hydrogens is 347 g/mol. The number of nitrogens with zero attached hydrogens (tertiary/aromatic N) is 3. The third-order valence-corrected chi connectivity index (χ3v) is 4.26. The molecule has 2 heterocycles. The fourth-order valence-corrected chi connectivity index (χ4v) is 3.27. The standard InChI is InChI=1S/C18H22F3N3O2/c1-17(2,3)26-16(25)23-10-6-7-12(11-23)24-14-9-5-4-8-13(14)22-15(24)18(19,20)21/h4-5,8-9,12H,6-7,10-11H2,1-3H3. The summed E-state index contributed by atoms with van der Waals surface area (Å²) < 4.78 is 47.2. The first-order valence-corrected chi connectivity index (χ1v) is 8.58. The number of carbonyl (C=O) groups is 1. The van der Waals surface area contributed by atoms with Gasteiger partial charge in [-0.15, -0.1) is 0 Å². The van der Waals surface area contributed by atoms with Crippen LogP contribution in [0.2, 0.25) is 0 Å². The molecule has 0 spiro atoms. The number of amides is 1. The van der Waals surface area contributed by atoms with E-state index in [0.717, 1.165) is 0 Å². The predicted molar refractivity (Wildman–Crippen MR) is 90.8 cm³/mol. The number of benzene rings is 1. The molecule has 1 fully saturated rings. The SMILES string of the molecule is CC(C)(C)OC(=O)N1CCCC(n2c(C(F)(F)F)nc3ccccc32)C1. The number of hydrogen-bond donors (Lipinski definition) is 0. The van der Waals surface area contributed by atoms with E-state index in [-0.39, 0.29) is 6.54 Å². The molecule has 0 radical (unpaired) electrons. The molecule has 1 atom stereocenters. The maximum Gasteiger partial charge on any atom is 0.449 e. The zero-order valence-electron chi connectivity index (χ0n) is 15.0. The van der Waals surface area contributed by atoms with Crippen molar-refractivity contribution >= 4 is 17.1 Å². The van der Waals surface area contributed by atoms with Crippen LogP contribution in [0.15, 0.2) is 24.3 Å². The molecule has 2 aromatic rings. The minimum atomic E-state index is -4.56. The zero-order chi connectivity index (χ0) is 19.1. The molecule has 0 aliphatic carbocycles. The van der Waals surface area contributed by atoms with Crippen LogP contribution >= 0.6 is 0 Å². The van der Waals surface area contributed by atoms with Crippen molar-refractivity contribution in [1.82, 2.24) is 14.5 Å². The number of alkyl halides is 3. The quantitative estimate of drug-likeness (QED) is 0.736. The molecule has 5 nitrogen and oxygen atoms in total. The van der Waals surface area contributed by atoms with E-state index in [2.05, 4.69) is 4.98 Å². The summed E-state index contributed by atoms with van der Waals surface area (Å²) in [5, 5.41) is 0. The number of imidazole rings is 1. The number of ether oxygens (including phenoxy) is 1. The van der Waals surface area contributed by atoms with Crippen molar-refractivity contribution in [3.8, 4) is 0 Å². The van der Waals surface area contributed by atoms with Crippen molar-refractivity contribution in [2.24, 2.45) is 0 Å². The van der Waals surface area contributed by atoms with Gasteiger partial charge in [-0.25, -0.2) is 9.78 Å². The number of halogens is 3. The van der Waals surface area contributed by atoms with Crippen LogP contribution in [0.3, 0.4) is 0 Å². The van der Waals surface area contributed by atoms with Crippen molar-refractivity contribution in [2.45, 2.75) is 51.4 Å². The maximum absolute atomic E-state index is 13.5. The summed E-state index contributed by atoms with van der Waals surface area (Å²) >= 11 is 0. The molecule has 1 saturated heterocycles. The van der Waals surface area contributed by atoms with Crippen LogP contribution in [0.1, 0.15) is 45.5 Å². The summed E-state index contributed by atoms with van der Waals surface area (Å²) in [6, 6.07) is 6.04. The van der Waals surface area contributed by atoms with Gasteiger partial charge in [-0.3, -0.25) is 0 Å². The first-order chi connectivity index (χ1) is 12.1. The molecular formula is C18H22F3N3O2. The molecule has 1 aromatic heterocycles. The van der Waals surface area contributed by atoms with Gasteiger partial charge in [0.25, 0.3) is 0 Å². The van der Waals surface area contributed by atoms with Crippen molar-refractivity contribution < 1.29 is 22.7 Å². The van der Waals surface area contributed by atoms with Crippen molar-refractivity contribution in [3.63, 3.8) is 0 Å². The highest BCUT2D eigenvalue weighted by Crippen LogP contribution is 2.36. The second-order valence-corrected chi connectivity index (χ2v) is 7.51. The highest BCUT2D eigenvalue weighted by Gasteiger charge is 2.40. The lowest BCUT2D eigenvalue weighted by atomic mass is 10.1. The topological polar surface area (TPSA) is 47.4 Å². The van der Waals surface area contributed by atoms with Gasteiger partial charge in [-0.1, -0.05) is 12.1 Å². The van der Waals surface area contributed by atoms with Crippen molar-refractivity contribution in [2.75, 3.05) is 13.1 Å². The number of piperidine rings is 1. The Kier molecular flexibility index (Phi) is 4.62. The number of rotatable bonds is 1. The number of carbonyl (C=O) groups excluding carboxylic acids is 1. The first kappa shape index (κ1) is 18.5. The largest absolute Gasteiger partial charge is 0.449 e. The van der Waals surface area contributed by atoms with Crippen LogP contribution in [-0.2, 0) is 10.9 Å². The Morgan fingerprint density at radius 3 is 2.58 bits per heavy atom. The van der Waals surface area contributed by atoms with Crippen LogP contribution in [0.4, 0.5) is 18.0 Å². The van der Waals surface area contributed by atoms with Crippen LogP contribution in [0, 0.1) is 0 Å². The van der Waals surface area contributed by atoms with Gasteiger partial charge in [-0.2, -0.15) is 13.2 Å². The van der Waals surface area contributed by atoms with E-state index in [9.17, 15) is 18.0 Å². The number of hydrogen-bond acceptors (Lipinski definition) is 3. The normalized spacial score (nSPS) is 19.0. The Bertz CT molecular complexity index is 808. The van der Waals surface area contributed by atoms with Gasteiger partial charge < -0.3 is 14.2 Å². The smallest absolute Gasteiger partial charge is 0.444 e. The van der Waals surface area contributed by atoms with Crippen LogP contribution < -0.4 is 0 Å². The van der Waals surface area contributed by atoms with Gasteiger partial charge in [-0.05, 0) is 45.7 Å². The average Bonchev–Trinajstić information content (AvgIpc) is 2.93. The molecule has 1 amide bonds. The molecule has 0 bridgehead atoms. The second-order valence-electron chi connectivity index (χ2n) is 7.51. The zero-order valence-corrected chi connectivity index (χ0v) is 15.0. The highest BCUT2D eigenvalue weighted by molar-refractivity contribution is 5.76. The van der Waals surface area contributed by atoms with Gasteiger partial charge in [0, 0.05) is 13.1 Å². The Labute approximate surface area is 149 Å². The van der Waals surface area contributed by atoms with Gasteiger partial charge >= 0.3 is 12.3 Å². The van der Waals surface area contributed by atoms with E-state index in [1.807, 2.05) is 0 Å². The number of likely N-dealkylation sites (tertiary alicyclic amines) is 1. The van der Waals surface area contributed by atoms with Crippen LogP contribution in [0.25, 0.3) is 11.0 Å². The summed E-state index contributed by atoms with van der Waals surface area (Å²) in [7, 11) is 0. The fourth-order valence-electron chi connectivity index (χ4n) is 3.27. The minimum absolute atomic E-state index is 0.165. The maximum atomic E-state index is 13.5. The second kappa shape index (κ2) is 6.48. The Morgan fingerprint density at radius 1 is 1.23 bits per heavy atom. The summed E-state index contributed by atoms with van der Waals surface area (Å²) in [4.78, 5) is 17.6. The van der Waals surface area contributed by atoms with Crippen molar-refractivity contribution in [1.29, 1.82) is 0 Å².